The first kappa shape index (κ1) is 16.5. The van der Waals surface area contributed by atoms with Gasteiger partial charge in [0.05, 0.1) is 10.6 Å². The Morgan fingerprint density at radius 3 is 2.38 bits per heavy atom. The van der Waals surface area contributed by atoms with Crippen LogP contribution in [-0.4, -0.2) is 17.8 Å². The van der Waals surface area contributed by atoms with Crippen LogP contribution in [0.15, 0.2) is 59.6 Å². The molecular formula is C15H11F3N2O3S. The average Bonchev–Trinajstić information content (AvgIpc) is 2.93. The quantitative estimate of drug-likeness (QED) is 0.673. The summed E-state index contributed by atoms with van der Waals surface area (Å²) < 4.78 is 69.6. The molecule has 0 radical (unpaired) electrons. The van der Waals surface area contributed by atoms with E-state index in [0.717, 1.165) is 4.40 Å². The molecule has 24 heavy (non-hydrogen) atoms. The zero-order valence-electron chi connectivity index (χ0n) is 12.1. The molecule has 3 rings (SSSR count). The topological polar surface area (TPSA) is 60.7 Å². The van der Waals surface area contributed by atoms with Crippen molar-refractivity contribution >= 4 is 15.8 Å². The third-order valence-electron chi connectivity index (χ3n) is 3.28. The number of benzene rings is 1. The normalized spacial score (nSPS) is 12.6. The number of hydrogen-bond acceptors (Lipinski definition) is 4. The fraction of sp³-hybridized carbons (Fsp3) is 0.133. The van der Waals surface area contributed by atoms with E-state index >= 15 is 0 Å². The smallest absolute Gasteiger partial charge is 0.301 e. The molecule has 2 aromatic heterocycles. The standard InChI is InChI=1S/C15H11F3N2O3S/c16-15(17,18)14-12(20-9-5-4-8-13(20)19-14)10-23-24(21,22)11-6-2-1-3-7-11/h1-9H,10H2. The van der Waals surface area contributed by atoms with Crippen molar-refractivity contribution in [3.05, 3.63) is 66.1 Å². The molecule has 5 nitrogen and oxygen atoms in total. The van der Waals surface area contributed by atoms with Crippen LogP contribution in [-0.2, 0) is 27.1 Å². The molecule has 126 valence electrons. The second-order valence-electron chi connectivity index (χ2n) is 4.86. The Morgan fingerprint density at radius 1 is 1.04 bits per heavy atom. The van der Waals surface area contributed by atoms with Crippen LogP contribution in [0, 0.1) is 0 Å². The number of hydrogen-bond donors (Lipinski definition) is 0. The van der Waals surface area contributed by atoms with Gasteiger partial charge in [0.1, 0.15) is 12.3 Å². The second-order valence-corrected chi connectivity index (χ2v) is 6.48. The fourth-order valence-electron chi connectivity index (χ4n) is 2.20. The molecule has 3 aromatic rings. The van der Waals surface area contributed by atoms with E-state index < -0.39 is 28.6 Å². The van der Waals surface area contributed by atoms with Gasteiger partial charge in [0.25, 0.3) is 10.1 Å². The molecule has 0 unspecified atom stereocenters. The highest BCUT2D eigenvalue weighted by Crippen LogP contribution is 2.32. The third-order valence-corrected chi connectivity index (χ3v) is 4.56. The Bertz CT molecular complexity index is 967. The van der Waals surface area contributed by atoms with Crippen LogP contribution in [0.1, 0.15) is 11.4 Å². The van der Waals surface area contributed by atoms with E-state index in [-0.39, 0.29) is 16.2 Å². The van der Waals surface area contributed by atoms with Gasteiger partial charge in [-0.3, -0.25) is 4.18 Å². The Labute approximate surface area is 135 Å². The van der Waals surface area contributed by atoms with Crippen molar-refractivity contribution in [2.45, 2.75) is 17.7 Å². The predicted molar refractivity (Wildman–Crippen MR) is 78.6 cm³/mol. The molecule has 0 fully saturated rings. The van der Waals surface area contributed by atoms with E-state index in [9.17, 15) is 21.6 Å². The van der Waals surface area contributed by atoms with Crippen molar-refractivity contribution in [1.82, 2.24) is 9.38 Å². The third kappa shape index (κ3) is 3.13. The van der Waals surface area contributed by atoms with Crippen molar-refractivity contribution in [3.63, 3.8) is 0 Å². The van der Waals surface area contributed by atoms with Gasteiger partial charge in [-0.05, 0) is 24.3 Å². The number of fused-ring (bicyclic) bond motifs is 1. The predicted octanol–water partition coefficient (Wildman–Crippen LogP) is 3.26. The lowest BCUT2D eigenvalue weighted by molar-refractivity contribution is -0.141. The maximum absolute atomic E-state index is 13.1. The van der Waals surface area contributed by atoms with Crippen molar-refractivity contribution < 1.29 is 25.8 Å². The van der Waals surface area contributed by atoms with Gasteiger partial charge in [-0.25, -0.2) is 4.98 Å². The Balaban J connectivity index is 1.98. The van der Waals surface area contributed by atoms with Crippen molar-refractivity contribution in [1.29, 1.82) is 0 Å². The summed E-state index contributed by atoms with van der Waals surface area (Å²) in [6.07, 6.45) is -3.35. The minimum atomic E-state index is -4.72. The molecule has 0 aliphatic rings. The Morgan fingerprint density at radius 2 is 1.71 bits per heavy atom. The minimum Gasteiger partial charge on any atom is -0.301 e. The van der Waals surface area contributed by atoms with Crippen molar-refractivity contribution in [3.8, 4) is 0 Å². The van der Waals surface area contributed by atoms with Crippen LogP contribution in [0.25, 0.3) is 5.65 Å². The summed E-state index contributed by atoms with van der Waals surface area (Å²) in [5.74, 6) is 0. The maximum atomic E-state index is 13.1. The summed E-state index contributed by atoms with van der Waals surface area (Å²) in [4.78, 5) is 3.39. The molecule has 0 saturated carbocycles. The molecule has 0 aliphatic carbocycles. The number of nitrogens with zero attached hydrogens (tertiary/aromatic N) is 2. The lowest BCUT2D eigenvalue weighted by atomic mass is 10.3. The Kier molecular flexibility index (Phi) is 4.06. The van der Waals surface area contributed by atoms with E-state index in [0.29, 0.717) is 0 Å². The van der Waals surface area contributed by atoms with Gasteiger partial charge in [0, 0.05) is 6.20 Å². The summed E-state index contributed by atoms with van der Waals surface area (Å²) >= 11 is 0. The first-order valence-electron chi connectivity index (χ1n) is 6.77. The number of halogens is 3. The van der Waals surface area contributed by atoms with E-state index in [1.807, 2.05) is 0 Å². The highest BCUT2D eigenvalue weighted by molar-refractivity contribution is 7.86. The van der Waals surface area contributed by atoms with Crippen LogP contribution >= 0.6 is 0 Å². The molecular weight excluding hydrogens is 345 g/mol. The second kappa shape index (κ2) is 5.91. The zero-order valence-corrected chi connectivity index (χ0v) is 12.9. The molecule has 0 amide bonds. The van der Waals surface area contributed by atoms with Crippen LogP contribution in [0.2, 0.25) is 0 Å². The van der Waals surface area contributed by atoms with Crippen LogP contribution in [0.5, 0.6) is 0 Å². The highest BCUT2D eigenvalue weighted by atomic mass is 32.2. The van der Waals surface area contributed by atoms with Crippen LogP contribution in [0.3, 0.4) is 0 Å². The molecule has 0 aliphatic heterocycles. The summed E-state index contributed by atoms with van der Waals surface area (Å²) in [6.45, 7) is -0.781. The average molecular weight is 356 g/mol. The van der Waals surface area contributed by atoms with E-state index in [1.54, 1.807) is 6.07 Å². The Hall–Kier alpha value is -2.39. The molecule has 0 saturated heterocycles. The van der Waals surface area contributed by atoms with Crippen molar-refractivity contribution in [2.24, 2.45) is 0 Å². The summed E-state index contributed by atoms with van der Waals surface area (Å²) in [7, 11) is -4.18. The van der Waals surface area contributed by atoms with E-state index in [1.165, 1.54) is 48.7 Å². The molecule has 0 N–H and O–H groups in total. The first-order valence-corrected chi connectivity index (χ1v) is 8.17. The summed E-state index contributed by atoms with van der Waals surface area (Å²) in [5.41, 5.74) is -1.49. The van der Waals surface area contributed by atoms with Gasteiger partial charge >= 0.3 is 6.18 Å². The number of pyridine rings is 1. The van der Waals surface area contributed by atoms with Crippen molar-refractivity contribution in [2.75, 3.05) is 0 Å². The minimum absolute atomic E-state index is 0.0561. The van der Waals surface area contributed by atoms with E-state index in [2.05, 4.69) is 4.98 Å². The lowest BCUT2D eigenvalue weighted by Crippen LogP contribution is -2.13. The number of imidazole rings is 1. The number of rotatable bonds is 4. The van der Waals surface area contributed by atoms with Gasteiger partial charge in [-0.15, -0.1) is 0 Å². The van der Waals surface area contributed by atoms with Gasteiger partial charge in [0.15, 0.2) is 5.69 Å². The van der Waals surface area contributed by atoms with Crippen LogP contribution in [0.4, 0.5) is 13.2 Å². The maximum Gasteiger partial charge on any atom is 0.435 e. The first-order chi connectivity index (χ1) is 11.3. The summed E-state index contributed by atoms with van der Waals surface area (Å²) in [5, 5.41) is 0. The van der Waals surface area contributed by atoms with Gasteiger partial charge in [0.2, 0.25) is 0 Å². The zero-order chi connectivity index (χ0) is 17.4. The molecule has 0 spiro atoms. The number of aromatic nitrogens is 2. The fourth-order valence-corrected chi connectivity index (χ4v) is 3.09. The van der Waals surface area contributed by atoms with Gasteiger partial charge in [-0.2, -0.15) is 21.6 Å². The molecule has 9 heteroatoms. The monoisotopic (exact) mass is 356 g/mol. The SMILES string of the molecule is O=S(=O)(OCc1c(C(F)(F)F)nc2ccccn12)c1ccccc1. The molecule has 1 aromatic carbocycles. The largest absolute Gasteiger partial charge is 0.435 e. The van der Waals surface area contributed by atoms with E-state index in [4.69, 9.17) is 4.18 Å². The molecule has 2 heterocycles. The lowest BCUT2D eigenvalue weighted by Gasteiger charge is -2.09. The van der Waals surface area contributed by atoms with Gasteiger partial charge in [-0.1, -0.05) is 24.3 Å². The molecule has 0 bridgehead atoms. The van der Waals surface area contributed by atoms with Crippen LogP contribution < -0.4 is 0 Å². The highest BCUT2D eigenvalue weighted by Gasteiger charge is 2.38. The molecule has 0 atom stereocenters. The van der Waals surface area contributed by atoms with Gasteiger partial charge < -0.3 is 4.40 Å². The number of alkyl halides is 3. The summed E-state index contributed by atoms with van der Waals surface area (Å²) in [6, 6.07) is 11.6.